The van der Waals surface area contributed by atoms with Gasteiger partial charge in [-0.3, -0.25) is 0 Å². The molecule has 5 heteroatoms. The van der Waals surface area contributed by atoms with Crippen molar-refractivity contribution in [1.82, 2.24) is 0 Å². The molecule has 0 heterocycles. The minimum absolute atomic E-state index is 0.0906. The Kier molecular flexibility index (Phi) is 2.81. The molecule has 0 unspecified atom stereocenters. The molecule has 14 heavy (non-hydrogen) atoms. The van der Waals surface area contributed by atoms with Crippen LogP contribution in [0.3, 0.4) is 0 Å². The molecule has 0 saturated carbocycles. The number of nitroso groups, excluding NO2 is 1. The maximum absolute atomic E-state index is 11.2. The monoisotopic (exact) mass is 194 g/mol. The molecular formula is C9H10N2O3. The number of ether oxygens (including phenoxy) is 1. The Labute approximate surface area is 80.8 Å². The van der Waals surface area contributed by atoms with Gasteiger partial charge in [-0.25, -0.2) is 4.79 Å². The Hall–Kier alpha value is -1.91. The maximum Gasteiger partial charge on any atom is 0.338 e. The number of methoxy groups -OCH3 is 1. The maximum atomic E-state index is 11.2. The molecule has 0 spiro atoms. The molecule has 0 bridgehead atoms. The van der Waals surface area contributed by atoms with Crippen LogP contribution < -0.4 is 5.73 Å². The van der Waals surface area contributed by atoms with Crippen molar-refractivity contribution < 1.29 is 9.53 Å². The summed E-state index contributed by atoms with van der Waals surface area (Å²) in [6, 6.07) is 2.96. The quantitative estimate of drug-likeness (QED) is 0.441. The second kappa shape index (κ2) is 3.87. The summed E-state index contributed by atoms with van der Waals surface area (Å²) in [4.78, 5) is 21.6. The highest BCUT2D eigenvalue weighted by Crippen LogP contribution is 2.29. The number of carbonyl (C=O) groups excluding carboxylic acids is 1. The van der Waals surface area contributed by atoms with E-state index in [1.165, 1.54) is 19.2 Å². The summed E-state index contributed by atoms with van der Waals surface area (Å²) in [5, 5.41) is 2.76. The van der Waals surface area contributed by atoms with Gasteiger partial charge >= 0.3 is 5.97 Å². The number of hydrogen-bond donors (Lipinski definition) is 1. The van der Waals surface area contributed by atoms with Crippen molar-refractivity contribution in [1.29, 1.82) is 0 Å². The average molecular weight is 194 g/mol. The van der Waals surface area contributed by atoms with Gasteiger partial charge < -0.3 is 10.5 Å². The molecule has 0 radical (unpaired) electrons. The SMILES string of the molecule is COC(=O)c1ccc(N)c(N=O)c1C. The number of benzene rings is 1. The van der Waals surface area contributed by atoms with Gasteiger partial charge in [0, 0.05) is 0 Å². The molecule has 0 aliphatic rings. The number of esters is 1. The minimum Gasteiger partial charge on any atom is -0.465 e. The third-order valence-corrected chi connectivity index (χ3v) is 1.96. The highest BCUT2D eigenvalue weighted by atomic mass is 16.5. The van der Waals surface area contributed by atoms with Gasteiger partial charge in [-0.15, -0.1) is 4.91 Å². The predicted octanol–water partition coefficient (Wildman–Crippen LogP) is 1.76. The van der Waals surface area contributed by atoms with Gasteiger partial charge in [0.15, 0.2) is 0 Å². The fourth-order valence-electron chi connectivity index (χ4n) is 1.17. The van der Waals surface area contributed by atoms with Crippen LogP contribution in [0.1, 0.15) is 15.9 Å². The summed E-state index contributed by atoms with van der Waals surface area (Å²) in [5.74, 6) is -0.507. The lowest BCUT2D eigenvalue weighted by atomic mass is 10.1. The van der Waals surface area contributed by atoms with Crippen LogP contribution >= 0.6 is 0 Å². The molecule has 5 nitrogen and oxygen atoms in total. The van der Waals surface area contributed by atoms with Crippen LogP contribution in [0.25, 0.3) is 0 Å². The number of nitrogens with zero attached hydrogens (tertiary/aromatic N) is 1. The Balaban J connectivity index is 3.35. The summed E-state index contributed by atoms with van der Waals surface area (Å²) in [5.41, 5.74) is 6.58. The Morgan fingerprint density at radius 2 is 2.14 bits per heavy atom. The summed E-state index contributed by atoms with van der Waals surface area (Å²) in [6.07, 6.45) is 0. The van der Waals surface area contributed by atoms with E-state index in [1.807, 2.05) is 0 Å². The number of rotatable bonds is 2. The van der Waals surface area contributed by atoms with Crippen molar-refractivity contribution in [2.45, 2.75) is 6.92 Å². The minimum atomic E-state index is -0.507. The molecule has 2 N–H and O–H groups in total. The van der Waals surface area contributed by atoms with E-state index in [0.29, 0.717) is 11.1 Å². The van der Waals surface area contributed by atoms with Crippen LogP contribution in [-0.4, -0.2) is 13.1 Å². The highest BCUT2D eigenvalue weighted by Gasteiger charge is 2.14. The molecule has 0 aliphatic carbocycles. The van der Waals surface area contributed by atoms with Crippen LogP contribution in [0, 0.1) is 11.8 Å². The molecule has 0 amide bonds. The van der Waals surface area contributed by atoms with E-state index >= 15 is 0 Å². The van der Waals surface area contributed by atoms with Gasteiger partial charge in [-0.05, 0) is 29.8 Å². The van der Waals surface area contributed by atoms with Crippen molar-refractivity contribution in [3.63, 3.8) is 0 Å². The van der Waals surface area contributed by atoms with Gasteiger partial charge in [0.25, 0.3) is 0 Å². The molecule has 1 rings (SSSR count). The van der Waals surface area contributed by atoms with Crippen LogP contribution in [0.5, 0.6) is 0 Å². The zero-order valence-electron chi connectivity index (χ0n) is 7.90. The van der Waals surface area contributed by atoms with E-state index in [-0.39, 0.29) is 11.4 Å². The largest absolute Gasteiger partial charge is 0.465 e. The molecule has 0 aliphatic heterocycles. The van der Waals surface area contributed by atoms with Gasteiger partial charge in [0.05, 0.1) is 18.4 Å². The zero-order valence-corrected chi connectivity index (χ0v) is 7.90. The van der Waals surface area contributed by atoms with Gasteiger partial charge in [0.1, 0.15) is 5.69 Å². The van der Waals surface area contributed by atoms with E-state index in [0.717, 1.165) is 0 Å². The lowest BCUT2D eigenvalue weighted by molar-refractivity contribution is 0.0600. The van der Waals surface area contributed by atoms with Gasteiger partial charge in [-0.1, -0.05) is 0 Å². The first kappa shape index (κ1) is 10.2. The van der Waals surface area contributed by atoms with Crippen LogP contribution in [0.2, 0.25) is 0 Å². The van der Waals surface area contributed by atoms with E-state index < -0.39 is 5.97 Å². The highest BCUT2D eigenvalue weighted by molar-refractivity contribution is 5.94. The van der Waals surface area contributed by atoms with Crippen molar-refractivity contribution in [3.05, 3.63) is 28.2 Å². The lowest BCUT2D eigenvalue weighted by Crippen LogP contribution is -2.04. The van der Waals surface area contributed by atoms with Crippen molar-refractivity contribution in [2.24, 2.45) is 5.18 Å². The molecule has 1 aromatic rings. The number of nitrogen functional groups attached to an aromatic ring is 1. The normalized spacial score (nSPS) is 9.57. The van der Waals surface area contributed by atoms with Crippen LogP contribution in [0.4, 0.5) is 11.4 Å². The molecular weight excluding hydrogens is 184 g/mol. The number of carbonyl (C=O) groups is 1. The first-order chi connectivity index (χ1) is 6.61. The molecule has 1 aromatic carbocycles. The second-order valence-electron chi connectivity index (χ2n) is 2.76. The van der Waals surface area contributed by atoms with Crippen molar-refractivity contribution >= 4 is 17.3 Å². The smallest absolute Gasteiger partial charge is 0.338 e. The predicted molar refractivity (Wildman–Crippen MR) is 52.4 cm³/mol. The zero-order chi connectivity index (χ0) is 10.7. The number of anilines is 1. The summed E-state index contributed by atoms with van der Waals surface area (Å²) in [6.45, 7) is 1.60. The number of nitrogens with two attached hydrogens (primary N) is 1. The third kappa shape index (κ3) is 1.56. The van der Waals surface area contributed by atoms with E-state index in [1.54, 1.807) is 6.92 Å². The second-order valence-corrected chi connectivity index (χ2v) is 2.76. The van der Waals surface area contributed by atoms with Gasteiger partial charge in [0.2, 0.25) is 0 Å². The molecule has 0 fully saturated rings. The fraction of sp³-hybridized carbons (Fsp3) is 0.222. The molecule has 0 atom stereocenters. The van der Waals surface area contributed by atoms with Gasteiger partial charge in [-0.2, -0.15) is 0 Å². The first-order valence-electron chi connectivity index (χ1n) is 3.92. The Morgan fingerprint density at radius 1 is 1.50 bits per heavy atom. The van der Waals surface area contributed by atoms with Crippen LogP contribution in [-0.2, 0) is 4.74 Å². The average Bonchev–Trinajstić information content (AvgIpc) is 2.18. The fourth-order valence-corrected chi connectivity index (χ4v) is 1.17. The van der Waals surface area contributed by atoms with E-state index in [2.05, 4.69) is 9.91 Å². The van der Waals surface area contributed by atoms with E-state index in [4.69, 9.17) is 5.73 Å². The van der Waals surface area contributed by atoms with E-state index in [9.17, 15) is 9.70 Å². The summed E-state index contributed by atoms with van der Waals surface area (Å²) < 4.78 is 4.53. The molecule has 0 saturated heterocycles. The lowest BCUT2D eigenvalue weighted by Gasteiger charge is -2.06. The Morgan fingerprint density at radius 3 is 2.64 bits per heavy atom. The van der Waals surface area contributed by atoms with Crippen molar-refractivity contribution in [2.75, 3.05) is 12.8 Å². The summed E-state index contributed by atoms with van der Waals surface area (Å²) in [7, 11) is 1.27. The molecule has 74 valence electrons. The molecule has 0 aromatic heterocycles. The topological polar surface area (TPSA) is 81.8 Å². The van der Waals surface area contributed by atoms with Crippen LogP contribution in [0.15, 0.2) is 17.3 Å². The summed E-state index contributed by atoms with van der Waals surface area (Å²) >= 11 is 0. The van der Waals surface area contributed by atoms with Crippen molar-refractivity contribution in [3.8, 4) is 0 Å². The number of hydrogen-bond acceptors (Lipinski definition) is 5. The Bertz CT molecular complexity index is 388. The standard InChI is InChI=1S/C9H10N2O3/c1-5-6(9(12)14-2)3-4-7(10)8(5)11-13/h3-4H,10H2,1-2H3. The first-order valence-corrected chi connectivity index (χ1v) is 3.92. The third-order valence-electron chi connectivity index (χ3n) is 1.96.